The maximum Gasteiger partial charge on any atom is 0.416 e. The summed E-state index contributed by atoms with van der Waals surface area (Å²) in [6, 6.07) is 2.35. The molecule has 0 amide bonds. The molecule has 0 atom stereocenters. The van der Waals surface area contributed by atoms with Crippen LogP contribution in [0, 0.1) is 0 Å². The van der Waals surface area contributed by atoms with Crippen LogP contribution in [0.2, 0.25) is 0 Å². The molecule has 9 heteroatoms. The number of likely N-dealkylation sites (N-methyl/N-ethyl adjacent to an activating group) is 1. The maximum atomic E-state index is 13.6. The summed E-state index contributed by atoms with van der Waals surface area (Å²) < 4.78 is 66.2. The first-order valence-electron chi connectivity index (χ1n) is 8.20. The lowest BCUT2D eigenvalue weighted by atomic mass is 10.0. The Bertz CT molecular complexity index is 758. The van der Waals surface area contributed by atoms with Gasteiger partial charge in [-0.15, -0.1) is 0 Å². The fourth-order valence-electron chi connectivity index (χ4n) is 2.53. The van der Waals surface area contributed by atoms with Gasteiger partial charge in [-0.1, -0.05) is 6.08 Å². The monoisotopic (exact) mass is 388 g/mol. The number of halogens is 5. The Balaban J connectivity index is 2.33. The Labute approximate surface area is 153 Å². The smallest absolute Gasteiger partial charge is 0.329 e. The fraction of sp³-hybridized carbons (Fsp3) is 0.389. The molecule has 3 N–H and O–H groups in total. The molecule has 1 heterocycles. The standard InChI is InChI=1S/C18H21F5N4/c1-17(19,20)14-7-12(8-15(9-14)18(21,22)23)3-4-16-13(10-25-26-16)11-27(2)6-5-24/h3-4,7-10H,5-6,11,24H2,1-2H3,(H,25,26)/b4-3+. The normalized spacial score (nSPS) is 13.1. The molecule has 4 nitrogen and oxygen atoms in total. The highest BCUT2D eigenvalue weighted by Gasteiger charge is 2.34. The molecule has 1 aromatic heterocycles. The van der Waals surface area contributed by atoms with E-state index in [2.05, 4.69) is 10.2 Å². The van der Waals surface area contributed by atoms with Crippen LogP contribution in [0.1, 0.15) is 34.9 Å². The number of rotatable bonds is 7. The molecule has 0 spiro atoms. The van der Waals surface area contributed by atoms with Crippen molar-refractivity contribution in [2.45, 2.75) is 25.6 Å². The number of aromatic amines is 1. The summed E-state index contributed by atoms with van der Waals surface area (Å²) in [5.74, 6) is -3.38. The van der Waals surface area contributed by atoms with Crippen LogP contribution < -0.4 is 5.73 Å². The summed E-state index contributed by atoms with van der Waals surface area (Å²) in [7, 11) is 1.87. The van der Waals surface area contributed by atoms with Gasteiger partial charge in [-0.05, 0) is 36.9 Å². The predicted molar refractivity (Wildman–Crippen MR) is 93.9 cm³/mol. The first kappa shape index (κ1) is 21.0. The number of nitrogens with zero attached hydrogens (tertiary/aromatic N) is 2. The molecule has 1 aromatic carbocycles. The van der Waals surface area contributed by atoms with Crippen LogP contribution in [0.4, 0.5) is 22.0 Å². The molecule has 148 valence electrons. The number of nitrogens with one attached hydrogen (secondary N) is 1. The van der Waals surface area contributed by atoms with Crippen molar-refractivity contribution >= 4 is 12.2 Å². The van der Waals surface area contributed by atoms with Crippen molar-refractivity contribution in [1.29, 1.82) is 0 Å². The van der Waals surface area contributed by atoms with Crippen LogP contribution in [0.25, 0.3) is 12.2 Å². The largest absolute Gasteiger partial charge is 0.416 e. The SMILES string of the molecule is CN(CCN)Cc1cn[nH]c1/C=C/c1cc(C(C)(F)F)cc(C(F)(F)F)c1. The van der Waals surface area contributed by atoms with E-state index < -0.39 is 23.2 Å². The van der Waals surface area contributed by atoms with Crippen LogP contribution >= 0.6 is 0 Å². The summed E-state index contributed by atoms with van der Waals surface area (Å²) in [6.45, 7) is 2.25. The summed E-state index contributed by atoms with van der Waals surface area (Å²) >= 11 is 0. The number of alkyl halides is 5. The van der Waals surface area contributed by atoms with E-state index in [4.69, 9.17) is 5.73 Å². The third-order valence-electron chi connectivity index (χ3n) is 3.93. The Kier molecular flexibility index (Phi) is 6.38. The number of aromatic nitrogens is 2. The lowest BCUT2D eigenvalue weighted by molar-refractivity contribution is -0.137. The van der Waals surface area contributed by atoms with Crippen LogP contribution in [0.15, 0.2) is 24.4 Å². The molecule has 0 aliphatic rings. The molecule has 0 saturated carbocycles. The molecule has 0 bridgehead atoms. The quantitative estimate of drug-likeness (QED) is 0.702. The summed E-state index contributed by atoms with van der Waals surface area (Å²) in [5, 5.41) is 6.68. The summed E-state index contributed by atoms with van der Waals surface area (Å²) in [6.07, 6.45) is -0.242. The molecular weight excluding hydrogens is 367 g/mol. The highest BCUT2D eigenvalue weighted by molar-refractivity contribution is 5.70. The average molecular weight is 388 g/mol. The van der Waals surface area contributed by atoms with Crippen molar-refractivity contribution in [2.75, 3.05) is 20.1 Å². The predicted octanol–water partition coefficient (Wildman–Crippen LogP) is 4.10. The van der Waals surface area contributed by atoms with Crippen molar-refractivity contribution in [3.8, 4) is 0 Å². The van der Waals surface area contributed by atoms with E-state index in [0.717, 1.165) is 17.7 Å². The van der Waals surface area contributed by atoms with Gasteiger partial charge in [0.15, 0.2) is 0 Å². The third kappa shape index (κ3) is 5.86. The highest BCUT2D eigenvalue weighted by atomic mass is 19.4. The Hall–Kier alpha value is -2.26. The van der Waals surface area contributed by atoms with Crippen LogP contribution in [-0.2, 0) is 18.6 Å². The van der Waals surface area contributed by atoms with Gasteiger partial charge in [0.1, 0.15) is 0 Å². The number of hydrogen-bond acceptors (Lipinski definition) is 3. The van der Waals surface area contributed by atoms with Gasteiger partial charge in [0.05, 0.1) is 17.5 Å². The molecule has 2 rings (SSSR count). The van der Waals surface area contributed by atoms with Gasteiger partial charge >= 0.3 is 6.18 Å². The zero-order valence-corrected chi connectivity index (χ0v) is 14.9. The first-order valence-corrected chi connectivity index (χ1v) is 8.20. The van der Waals surface area contributed by atoms with Crippen molar-refractivity contribution in [3.05, 3.63) is 52.3 Å². The molecular formula is C18H21F5N4. The van der Waals surface area contributed by atoms with Crippen molar-refractivity contribution < 1.29 is 22.0 Å². The minimum Gasteiger partial charge on any atom is -0.329 e. The second-order valence-electron chi connectivity index (χ2n) is 6.40. The molecule has 0 unspecified atom stereocenters. The molecule has 2 aromatic rings. The zero-order chi connectivity index (χ0) is 20.2. The zero-order valence-electron chi connectivity index (χ0n) is 14.9. The number of benzene rings is 1. The van der Waals surface area contributed by atoms with E-state index in [9.17, 15) is 22.0 Å². The van der Waals surface area contributed by atoms with E-state index in [0.29, 0.717) is 38.3 Å². The van der Waals surface area contributed by atoms with Gasteiger partial charge in [0, 0.05) is 37.7 Å². The number of hydrogen-bond donors (Lipinski definition) is 2. The van der Waals surface area contributed by atoms with Gasteiger partial charge in [-0.25, -0.2) is 8.78 Å². The molecule has 0 saturated heterocycles. The van der Waals surface area contributed by atoms with Crippen molar-refractivity contribution in [2.24, 2.45) is 5.73 Å². The first-order chi connectivity index (χ1) is 12.5. The minimum absolute atomic E-state index is 0.0252. The lowest BCUT2D eigenvalue weighted by Gasteiger charge is -2.15. The van der Waals surface area contributed by atoms with E-state index in [-0.39, 0.29) is 5.56 Å². The Morgan fingerprint density at radius 2 is 1.78 bits per heavy atom. The molecule has 0 fully saturated rings. The minimum atomic E-state index is -4.71. The topological polar surface area (TPSA) is 57.9 Å². The van der Waals surface area contributed by atoms with Crippen LogP contribution in [0.5, 0.6) is 0 Å². The molecule has 0 aliphatic heterocycles. The van der Waals surface area contributed by atoms with Crippen molar-refractivity contribution in [3.63, 3.8) is 0 Å². The van der Waals surface area contributed by atoms with Crippen molar-refractivity contribution in [1.82, 2.24) is 15.1 Å². The lowest BCUT2D eigenvalue weighted by Crippen LogP contribution is -2.25. The number of nitrogens with two attached hydrogens (primary N) is 1. The average Bonchev–Trinajstić information content (AvgIpc) is 2.98. The molecule has 0 aliphatic carbocycles. The van der Waals surface area contributed by atoms with Crippen LogP contribution in [0.3, 0.4) is 0 Å². The van der Waals surface area contributed by atoms with Gasteiger partial charge in [-0.2, -0.15) is 18.3 Å². The van der Waals surface area contributed by atoms with Gasteiger partial charge in [0.2, 0.25) is 0 Å². The van der Waals surface area contributed by atoms with Gasteiger partial charge < -0.3 is 10.6 Å². The van der Waals surface area contributed by atoms with Gasteiger partial charge in [-0.3, -0.25) is 5.10 Å². The summed E-state index contributed by atoms with van der Waals surface area (Å²) in [4.78, 5) is 1.96. The van der Waals surface area contributed by atoms with Crippen LogP contribution in [-0.4, -0.2) is 35.2 Å². The second kappa shape index (κ2) is 8.18. The van der Waals surface area contributed by atoms with E-state index in [1.807, 2.05) is 11.9 Å². The van der Waals surface area contributed by atoms with Gasteiger partial charge in [0.25, 0.3) is 5.92 Å². The van der Waals surface area contributed by atoms with E-state index >= 15 is 0 Å². The van der Waals surface area contributed by atoms with E-state index in [1.165, 1.54) is 12.2 Å². The molecule has 0 radical (unpaired) electrons. The second-order valence-corrected chi connectivity index (χ2v) is 6.40. The third-order valence-corrected chi connectivity index (χ3v) is 3.93. The molecule has 27 heavy (non-hydrogen) atoms. The Morgan fingerprint density at radius 1 is 1.11 bits per heavy atom. The maximum absolute atomic E-state index is 13.6. The van der Waals surface area contributed by atoms with E-state index in [1.54, 1.807) is 6.20 Å². The Morgan fingerprint density at radius 3 is 2.37 bits per heavy atom. The fourth-order valence-corrected chi connectivity index (χ4v) is 2.53. The summed E-state index contributed by atoms with van der Waals surface area (Å²) in [5.41, 5.74) is 5.11. The number of H-pyrrole nitrogens is 1. The highest BCUT2D eigenvalue weighted by Crippen LogP contribution is 2.35.